The molecule has 0 aliphatic rings. The van der Waals surface area contributed by atoms with Crippen molar-refractivity contribution in [3.63, 3.8) is 0 Å². The van der Waals surface area contributed by atoms with Crippen molar-refractivity contribution >= 4 is 21.0 Å². The average Bonchev–Trinajstić information content (AvgIpc) is 1.83. The van der Waals surface area contributed by atoms with Gasteiger partial charge in [0.2, 0.25) is 0 Å². The maximum atomic E-state index is 10.8. The zero-order chi connectivity index (χ0) is 9.78. The number of hydroxylamine groups is 3. The molecule has 0 aliphatic carbocycles. The lowest BCUT2D eigenvalue weighted by molar-refractivity contribution is -1.05. The second-order valence-corrected chi connectivity index (χ2v) is 3.33. The largest absolute Gasteiger partial charge is 0.294 e. The molecule has 70 valence electrons. The molecule has 0 aromatic heterocycles. The van der Waals surface area contributed by atoms with E-state index in [1.54, 1.807) is 7.05 Å². The van der Waals surface area contributed by atoms with Crippen LogP contribution in [0.5, 0.6) is 0 Å². The van der Waals surface area contributed by atoms with E-state index in [0.717, 1.165) is 0 Å². The molecule has 0 aliphatic heterocycles. The first-order valence-electron chi connectivity index (χ1n) is 3.61. The molecule has 0 fully saturated rings. The number of ketones is 2. The Kier molecular flexibility index (Phi) is 4.53. The van der Waals surface area contributed by atoms with E-state index in [1.807, 2.05) is 0 Å². The Labute approximate surface area is 74.7 Å². The zero-order valence-corrected chi connectivity index (χ0v) is 8.82. The first-order chi connectivity index (χ1) is 5.39. The van der Waals surface area contributed by atoms with E-state index in [0.29, 0.717) is 0 Å². The van der Waals surface area contributed by atoms with E-state index in [-0.39, 0.29) is 29.3 Å². The molecule has 0 aromatic carbocycles. The van der Waals surface area contributed by atoms with Gasteiger partial charge in [0, 0.05) is 13.8 Å². The predicted molar refractivity (Wildman–Crippen MR) is 48.1 cm³/mol. The topological polar surface area (TPSA) is 43.4 Å². The summed E-state index contributed by atoms with van der Waals surface area (Å²) in [5.74, 6) is 0.00222. The van der Waals surface area contributed by atoms with Crippen molar-refractivity contribution in [3.8, 4) is 0 Å². The Morgan fingerprint density at radius 1 is 1.25 bits per heavy atom. The Balaban J connectivity index is 4.23. The summed E-state index contributed by atoms with van der Waals surface area (Å²) in [4.78, 5) is 21.6. The molecule has 0 saturated carbocycles. The van der Waals surface area contributed by atoms with Gasteiger partial charge < -0.3 is 0 Å². The molecule has 1 unspecified atom stereocenters. The number of hydrogen-bond donors (Lipinski definition) is 0. The van der Waals surface area contributed by atoms with Crippen LogP contribution in [0.3, 0.4) is 0 Å². The third-order valence-electron chi connectivity index (χ3n) is 1.37. The Morgan fingerprint density at radius 3 is 1.75 bits per heavy atom. The van der Waals surface area contributed by atoms with Crippen LogP contribution in [0.15, 0.2) is 0 Å². The highest BCUT2D eigenvalue weighted by atomic mass is 31.0. The minimum absolute atomic E-state index is 0.00111. The summed E-state index contributed by atoms with van der Waals surface area (Å²) in [5, 5.41) is 0. The number of rotatable bonds is 5. The Hall–Kier alpha value is -0.310. The second kappa shape index (κ2) is 4.65. The standard InChI is InChI=1S/C7H15NO3P/c1-6(9)4-8(3,11-12)5-7(2)10/h4-5,12H2,1-3H3/q+1. The molecule has 0 bridgehead atoms. The fraction of sp³-hybridized carbons (Fsp3) is 0.714. The smallest absolute Gasteiger partial charge is 0.186 e. The molecule has 0 aromatic rings. The molecule has 0 N–H and O–H groups in total. The number of carbonyl (C=O) groups is 2. The normalized spacial score (nSPS) is 11.3. The molecule has 0 saturated heterocycles. The van der Waals surface area contributed by atoms with Crippen LogP contribution >= 0.6 is 9.47 Å². The summed E-state index contributed by atoms with van der Waals surface area (Å²) in [5.41, 5.74) is 0. The number of nitrogens with zero attached hydrogens (tertiary/aromatic N) is 1. The van der Waals surface area contributed by atoms with Gasteiger partial charge in [-0.1, -0.05) is 0 Å². The summed E-state index contributed by atoms with van der Waals surface area (Å²) in [7, 11) is 3.76. The lowest BCUT2D eigenvalue weighted by Crippen LogP contribution is -2.47. The van der Waals surface area contributed by atoms with Crippen molar-refractivity contribution in [3.05, 3.63) is 0 Å². The second-order valence-electron chi connectivity index (χ2n) is 3.12. The maximum absolute atomic E-state index is 10.8. The van der Waals surface area contributed by atoms with Gasteiger partial charge >= 0.3 is 0 Å². The number of quaternary nitrogens is 1. The van der Waals surface area contributed by atoms with Crippen molar-refractivity contribution < 1.29 is 18.9 Å². The van der Waals surface area contributed by atoms with E-state index in [1.165, 1.54) is 13.8 Å². The zero-order valence-electron chi connectivity index (χ0n) is 7.66. The predicted octanol–water partition coefficient (Wildman–Crippen LogP) is 0.333. The third kappa shape index (κ3) is 4.54. The van der Waals surface area contributed by atoms with E-state index in [4.69, 9.17) is 4.62 Å². The Morgan fingerprint density at radius 2 is 1.58 bits per heavy atom. The molecular weight excluding hydrogens is 177 g/mol. The molecule has 5 heteroatoms. The van der Waals surface area contributed by atoms with Crippen LogP contribution < -0.4 is 0 Å². The lowest BCUT2D eigenvalue weighted by atomic mass is 10.3. The van der Waals surface area contributed by atoms with Crippen molar-refractivity contribution in [2.45, 2.75) is 13.8 Å². The number of carbonyl (C=O) groups excluding carboxylic acids is 2. The molecule has 0 radical (unpaired) electrons. The van der Waals surface area contributed by atoms with Crippen LogP contribution in [-0.2, 0) is 14.2 Å². The molecule has 0 spiro atoms. The SMILES string of the molecule is CC(=O)C[N+](C)(CC(C)=O)OP. The Bertz CT molecular complexity index is 177. The number of likely N-dealkylation sites (N-methyl/N-ethyl adjacent to an activating group) is 1. The van der Waals surface area contributed by atoms with Crippen LogP contribution in [0.1, 0.15) is 13.8 Å². The fourth-order valence-corrected chi connectivity index (χ4v) is 1.22. The van der Waals surface area contributed by atoms with Crippen LogP contribution in [0.4, 0.5) is 0 Å². The van der Waals surface area contributed by atoms with E-state index in [2.05, 4.69) is 9.47 Å². The summed E-state index contributed by atoms with van der Waals surface area (Å²) < 4.78 is 4.97. The summed E-state index contributed by atoms with van der Waals surface area (Å²) >= 11 is 0. The third-order valence-corrected chi connectivity index (χ3v) is 1.88. The quantitative estimate of drug-likeness (QED) is 0.358. The highest BCUT2D eigenvalue weighted by Crippen LogP contribution is 2.08. The van der Waals surface area contributed by atoms with Crippen LogP contribution in [0, 0.1) is 0 Å². The van der Waals surface area contributed by atoms with Crippen LogP contribution in [-0.4, -0.2) is 36.4 Å². The van der Waals surface area contributed by atoms with Gasteiger partial charge in [0.05, 0.1) is 16.5 Å². The van der Waals surface area contributed by atoms with Gasteiger partial charge in [0.25, 0.3) is 0 Å². The maximum Gasteiger partial charge on any atom is 0.186 e. The molecule has 0 rings (SSSR count). The highest BCUT2D eigenvalue weighted by Gasteiger charge is 2.26. The van der Waals surface area contributed by atoms with Crippen molar-refractivity contribution in [2.24, 2.45) is 0 Å². The van der Waals surface area contributed by atoms with Crippen LogP contribution in [0.25, 0.3) is 0 Å². The molecule has 0 heterocycles. The highest BCUT2D eigenvalue weighted by molar-refractivity contribution is 7.09. The monoisotopic (exact) mass is 192 g/mol. The van der Waals surface area contributed by atoms with Gasteiger partial charge in [-0.05, 0) is 0 Å². The summed E-state index contributed by atoms with van der Waals surface area (Å²) in [6.45, 7) is 3.37. The molecule has 0 amide bonds. The summed E-state index contributed by atoms with van der Waals surface area (Å²) in [6, 6.07) is 0. The minimum atomic E-state index is -0.00463. The van der Waals surface area contributed by atoms with Crippen LogP contribution in [0.2, 0.25) is 0 Å². The van der Waals surface area contributed by atoms with Crippen molar-refractivity contribution in [2.75, 3.05) is 20.1 Å². The fourth-order valence-electron chi connectivity index (χ4n) is 1.07. The van der Waals surface area contributed by atoms with Crippen molar-refractivity contribution in [1.29, 1.82) is 0 Å². The van der Waals surface area contributed by atoms with Gasteiger partial charge in [-0.25, -0.2) is 0 Å². The summed E-state index contributed by atoms with van der Waals surface area (Å²) in [6.07, 6.45) is 0. The number of Topliss-reactive ketones (excluding diaryl/α,β-unsaturated/α-hetero) is 2. The van der Waals surface area contributed by atoms with Gasteiger partial charge in [-0.3, -0.25) is 9.59 Å². The minimum Gasteiger partial charge on any atom is -0.294 e. The molecular formula is C7H15NO3P+. The van der Waals surface area contributed by atoms with Gasteiger partial charge in [-0.2, -0.15) is 9.27 Å². The molecule has 4 nitrogen and oxygen atoms in total. The molecule has 1 atom stereocenters. The van der Waals surface area contributed by atoms with Gasteiger partial charge in [-0.15, -0.1) is 0 Å². The average molecular weight is 192 g/mol. The van der Waals surface area contributed by atoms with E-state index in [9.17, 15) is 9.59 Å². The van der Waals surface area contributed by atoms with Crippen molar-refractivity contribution in [1.82, 2.24) is 0 Å². The first kappa shape index (κ1) is 11.7. The van der Waals surface area contributed by atoms with E-state index < -0.39 is 0 Å². The number of hydrogen-bond acceptors (Lipinski definition) is 3. The van der Waals surface area contributed by atoms with E-state index >= 15 is 0 Å². The van der Waals surface area contributed by atoms with Gasteiger partial charge in [0.1, 0.15) is 0 Å². The molecule has 12 heavy (non-hydrogen) atoms. The first-order valence-corrected chi connectivity index (χ1v) is 4.08. The lowest BCUT2D eigenvalue weighted by Gasteiger charge is -2.27. The van der Waals surface area contributed by atoms with Gasteiger partial charge in [0.15, 0.2) is 24.7 Å².